The lowest BCUT2D eigenvalue weighted by atomic mass is 10.1. The molecule has 1 aliphatic heterocycles. The van der Waals surface area contributed by atoms with Crippen molar-refractivity contribution in [2.45, 2.75) is 25.4 Å². The second kappa shape index (κ2) is 7.89. The lowest BCUT2D eigenvalue weighted by Crippen LogP contribution is -2.36. The molecular formula is C19H24N6O2. The van der Waals surface area contributed by atoms with E-state index in [1.807, 2.05) is 6.07 Å². The number of likely N-dealkylation sites (tertiary alicyclic amines) is 1. The molecule has 0 radical (unpaired) electrons. The molecule has 1 aromatic carbocycles. The summed E-state index contributed by atoms with van der Waals surface area (Å²) < 4.78 is 1.80. The number of amides is 1. The normalized spacial score (nSPS) is 18.0. The molecule has 2 aromatic heterocycles. The Labute approximate surface area is 157 Å². The first-order valence-corrected chi connectivity index (χ1v) is 9.33. The van der Waals surface area contributed by atoms with Crippen LogP contribution in [-0.2, 0) is 6.54 Å². The number of H-pyrrole nitrogens is 1. The van der Waals surface area contributed by atoms with Crippen LogP contribution in [0, 0.1) is 0 Å². The second-order valence-corrected chi connectivity index (χ2v) is 6.98. The molecule has 1 aliphatic rings. The van der Waals surface area contributed by atoms with Crippen LogP contribution >= 0.6 is 0 Å². The Morgan fingerprint density at radius 1 is 1.37 bits per heavy atom. The summed E-state index contributed by atoms with van der Waals surface area (Å²) in [7, 11) is 0. The van der Waals surface area contributed by atoms with E-state index in [1.165, 1.54) is 11.1 Å². The molecule has 1 amide bonds. The van der Waals surface area contributed by atoms with Crippen LogP contribution in [0.5, 0.6) is 0 Å². The molecule has 8 heteroatoms. The molecule has 8 nitrogen and oxygen atoms in total. The average molecular weight is 368 g/mol. The van der Waals surface area contributed by atoms with E-state index in [2.05, 4.69) is 49.8 Å². The van der Waals surface area contributed by atoms with Crippen LogP contribution < -0.4 is 5.32 Å². The van der Waals surface area contributed by atoms with Gasteiger partial charge in [0, 0.05) is 30.8 Å². The van der Waals surface area contributed by atoms with Gasteiger partial charge in [0.05, 0.1) is 18.8 Å². The van der Waals surface area contributed by atoms with Gasteiger partial charge in [0.15, 0.2) is 5.69 Å². The van der Waals surface area contributed by atoms with Gasteiger partial charge in [-0.25, -0.2) is 4.68 Å². The molecule has 0 spiro atoms. The first-order valence-electron chi connectivity index (χ1n) is 9.33. The number of piperidine rings is 1. The maximum absolute atomic E-state index is 11.9. The van der Waals surface area contributed by atoms with Crippen molar-refractivity contribution < 1.29 is 9.90 Å². The zero-order valence-corrected chi connectivity index (χ0v) is 15.1. The minimum absolute atomic E-state index is 0.0920. The topological polar surface area (TPSA) is 99.1 Å². The summed E-state index contributed by atoms with van der Waals surface area (Å²) in [6.07, 6.45) is 3.80. The fraction of sp³-hybridized carbons (Fsp3) is 0.421. The summed E-state index contributed by atoms with van der Waals surface area (Å²) in [6.45, 7) is 2.91. The third-order valence-corrected chi connectivity index (χ3v) is 4.97. The number of rotatable bonds is 6. The second-order valence-electron chi connectivity index (χ2n) is 6.98. The smallest absolute Gasteiger partial charge is 0.273 e. The third kappa shape index (κ3) is 4.01. The number of aliphatic hydroxyl groups excluding tert-OH is 1. The highest BCUT2D eigenvalue weighted by Gasteiger charge is 2.23. The number of nitrogens with zero attached hydrogens (tertiary/aromatic N) is 4. The Morgan fingerprint density at radius 3 is 3.11 bits per heavy atom. The zero-order valence-electron chi connectivity index (χ0n) is 15.1. The largest absolute Gasteiger partial charge is 0.395 e. The number of fused-ring (bicyclic) bond motifs is 1. The quantitative estimate of drug-likeness (QED) is 0.609. The Morgan fingerprint density at radius 2 is 2.26 bits per heavy atom. The fourth-order valence-electron chi connectivity index (χ4n) is 3.67. The fourth-order valence-corrected chi connectivity index (χ4v) is 3.67. The molecule has 0 aliphatic carbocycles. The van der Waals surface area contributed by atoms with Crippen LogP contribution in [0.2, 0.25) is 0 Å². The molecule has 142 valence electrons. The molecule has 4 rings (SSSR count). The van der Waals surface area contributed by atoms with Crippen molar-refractivity contribution in [3.8, 4) is 0 Å². The van der Waals surface area contributed by atoms with E-state index in [0.717, 1.165) is 38.0 Å². The van der Waals surface area contributed by atoms with Crippen LogP contribution in [0.3, 0.4) is 0 Å². The standard InChI is InChI=1S/C19H24N6O2/c26-9-7-20-19(27)18-13-25(23-22-18)16-5-3-8-24(12-16)11-15-10-14-4-1-2-6-17(14)21-15/h1-2,4,6,10,13,16,21,26H,3,5,7-9,11-12H2,(H,20,27)/t16-/m0/s1. The van der Waals surface area contributed by atoms with Crippen molar-refractivity contribution in [1.82, 2.24) is 30.2 Å². The van der Waals surface area contributed by atoms with E-state index in [-0.39, 0.29) is 30.8 Å². The van der Waals surface area contributed by atoms with Gasteiger partial charge < -0.3 is 15.4 Å². The van der Waals surface area contributed by atoms with Gasteiger partial charge in [0.25, 0.3) is 5.91 Å². The van der Waals surface area contributed by atoms with Crippen molar-refractivity contribution in [2.24, 2.45) is 0 Å². The van der Waals surface area contributed by atoms with E-state index in [4.69, 9.17) is 5.11 Å². The predicted molar refractivity (Wildman–Crippen MR) is 101 cm³/mol. The van der Waals surface area contributed by atoms with E-state index in [1.54, 1.807) is 10.9 Å². The summed E-state index contributed by atoms with van der Waals surface area (Å²) >= 11 is 0. The molecule has 0 saturated carbocycles. The van der Waals surface area contributed by atoms with Gasteiger partial charge in [-0.2, -0.15) is 0 Å². The summed E-state index contributed by atoms with van der Waals surface area (Å²) in [4.78, 5) is 17.8. The predicted octanol–water partition coefficient (Wildman–Crippen LogP) is 1.32. The Hall–Kier alpha value is -2.71. The Balaban J connectivity index is 1.40. The number of aromatic amines is 1. The van der Waals surface area contributed by atoms with Crippen LogP contribution in [0.4, 0.5) is 0 Å². The Bertz CT molecular complexity index is 885. The third-order valence-electron chi connectivity index (χ3n) is 4.97. The zero-order chi connectivity index (χ0) is 18.6. The van der Waals surface area contributed by atoms with Crippen molar-refractivity contribution >= 4 is 16.8 Å². The molecule has 1 atom stereocenters. The molecular weight excluding hydrogens is 344 g/mol. The van der Waals surface area contributed by atoms with Gasteiger partial charge in [-0.1, -0.05) is 23.4 Å². The minimum Gasteiger partial charge on any atom is -0.395 e. The average Bonchev–Trinajstić information content (AvgIpc) is 3.33. The molecule has 1 fully saturated rings. The number of hydrogen-bond acceptors (Lipinski definition) is 5. The molecule has 0 bridgehead atoms. The summed E-state index contributed by atoms with van der Waals surface area (Å²) in [5.41, 5.74) is 2.66. The molecule has 1 saturated heterocycles. The number of carbonyl (C=O) groups is 1. The number of aromatic nitrogens is 4. The number of para-hydroxylation sites is 1. The number of hydrogen-bond donors (Lipinski definition) is 3. The number of carbonyl (C=O) groups excluding carboxylic acids is 1. The maximum atomic E-state index is 11.9. The van der Waals surface area contributed by atoms with E-state index in [9.17, 15) is 4.79 Å². The van der Waals surface area contributed by atoms with E-state index >= 15 is 0 Å². The number of nitrogens with one attached hydrogen (secondary N) is 2. The van der Waals surface area contributed by atoms with Gasteiger partial charge in [0.1, 0.15) is 0 Å². The van der Waals surface area contributed by atoms with Gasteiger partial charge >= 0.3 is 0 Å². The van der Waals surface area contributed by atoms with Crippen LogP contribution in [0.1, 0.15) is 35.1 Å². The molecule has 0 unspecified atom stereocenters. The number of benzene rings is 1. The van der Waals surface area contributed by atoms with Gasteiger partial charge in [-0.15, -0.1) is 5.10 Å². The molecule has 3 N–H and O–H groups in total. The lowest BCUT2D eigenvalue weighted by molar-refractivity contribution is 0.0939. The van der Waals surface area contributed by atoms with Crippen molar-refractivity contribution in [1.29, 1.82) is 0 Å². The number of aliphatic hydroxyl groups is 1. The van der Waals surface area contributed by atoms with Crippen molar-refractivity contribution in [3.63, 3.8) is 0 Å². The highest BCUT2D eigenvalue weighted by atomic mass is 16.3. The van der Waals surface area contributed by atoms with Gasteiger partial charge in [-0.3, -0.25) is 9.69 Å². The van der Waals surface area contributed by atoms with Gasteiger partial charge in [-0.05, 0) is 36.9 Å². The summed E-state index contributed by atoms with van der Waals surface area (Å²) in [6, 6.07) is 10.7. The monoisotopic (exact) mass is 368 g/mol. The molecule has 27 heavy (non-hydrogen) atoms. The maximum Gasteiger partial charge on any atom is 0.273 e. The summed E-state index contributed by atoms with van der Waals surface area (Å²) in [5.74, 6) is -0.305. The Kier molecular flexibility index (Phi) is 5.17. The molecule has 3 aromatic rings. The van der Waals surface area contributed by atoms with Gasteiger partial charge in [0.2, 0.25) is 0 Å². The first kappa shape index (κ1) is 17.7. The lowest BCUT2D eigenvalue weighted by Gasteiger charge is -2.32. The van der Waals surface area contributed by atoms with Crippen LogP contribution in [0.25, 0.3) is 10.9 Å². The highest BCUT2D eigenvalue weighted by molar-refractivity contribution is 5.91. The van der Waals surface area contributed by atoms with Crippen molar-refractivity contribution in [3.05, 3.63) is 47.9 Å². The van der Waals surface area contributed by atoms with E-state index in [0.29, 0.717) is 0 Å². The van der Waals surface area contributed by atoms with Crippen LogP contribution in [0.15, 0.2) is 36.5 Å². The SMILES string of the molecule is O=C(NCCO)c1cn([C@H]2CCCN(Cc3cc4ccccc4[nH]3)C2)nn1. The van der Waals surface area contributed by atoms with E-state index < -0.39 is 0 Å². The van der Waals surface area contributed by atoms with Crippen LogP contribution in [-0.4, -0.2) is 62.1 Å². The first-order chi connectivity index (χ1) is 13.2. The highest BCUT2D eigenvalue weighted by Crippen LogP contribution is 2.23. The molecule has 3 heterocycles. The van der Waals surface area contributed by atoms with Crippen molar-refractivity contribution in [2.75, 3.05) is 26.2 Å². The summed E-state index contributed by atoms with van der Waals surface area (Å²) in [5, 5.41) is 20.8. The minimum atomic E-state index is -0.305.